The second kappa shape index (κ2) is 5.46. The topological polar surface area (TPSA) is 39.1 Å². The van der Waals surface area contributed by atoms with Crippen molar-refractivity contribution in [3.05, 3.63) is 18.2 Å². The molecule has 0 bridgehead atoms. The van der Waals surface area contributed by atoms with Gasteiger partial charge in [0.15, 0.2) is 0 Å². The predicted octanol–water partition coefficient (Wildman–Crippen LogP) is 1.12. The van der Waals surface area contributed by atoms with Crippen LogP contribution in [-0.4, -0.2) is 35.4 Å². The molecule has 1 aromatic rings. The van der Waals surface area contributed by atoms with Gasteiger partial charge in [-0.3, -0.25) is 0 Å². The van der Waals surface area contributed by atoms with Gasteiger partial charge in [0.05, 0.1) is 6.10 Å². The van der Waals surface area contributed by atoms with Crippen LogP contribution in [0.15, 0.2) is 12.4 Å². The molecular formula is C12H21N3O. The first-order valence-electron chi connectivity index (χ1n) is 6.02. The molecule has 0 aliphatic heterocycles. The number of aromatic nitrogens is 2. The lowest BCUT2D eigenvalue weighted by Gasteiger charge is -2.12. The first-order valence-corrected chi connectivity index (χ1v) is 6.02. The van der Waals surface area contributed by atoms with E-state index < -0.39 is 0 Å². The van der Waals surface area contributed by atoms with E-state index in [-0.39, 0.29) is 0 Å². The van der Waals surface area contributed by atoms with Crippen LogP contribution in [0.25, 0.3) is 0 Å². The SMILES string of the molecule is COC1CCC(NCCc2nccn2C)C1. The molecule has 1 aliphatic rings. The van der Waals surface area contributed by atoms with Crippen molar-refractivity contribution in [2.45, 2.75) is 37.8 Å². The molecule has 4 heteroatoms. The summed E-state index contributed by atoms with van der Waals surface area (Å²) in [5, 5.41) is 3.58. The smallest absolute Gasteiger partial charge is 0.109 e. The van der Waals surface area contributed by atoms with Crippen LogP contribution in [0.1, 0.15) is 25.1 Å². The quantitative estimate of drug-likeness (QED) is 0.813. The summed E-state index contributed by atoms with van der Waals surface area (Å²) in [6, 6.07) is 0.630. The highest BCUT2D eigenvalue weighted by molar-refractivity contribution is 4.92. The summed E-state index contributed by atoms with van der Waals surface area (Å²) < 4.78 is 7.43. The molecule has 2 atom stereocenters. The van der Waals surface area contributed by atoms with Gasteiger partial charge < -0.3 is 14.6 Å². The average molecular weight is 223 g/mol. The number of nitrogens with zero attached hydrogens (tertiary/aromatic N) is 2. The fraction of sp³-hybridized carbons (Fsp3) is 0.750. The minimum atomic E-state index is 0.464. The van der Waals surface area contributed by atoms with E-state index in [2.05, 4.69) is 14.9 Å². The van der Waals surface area contributed by atoms with Gasteiger partial charge in [-0.15, -0.1) is 0 Å². The van der Waals surface area contributed by atoms with Crippen molar-refractivity contribution in [1.82, 2.24) is 14.9 Å². The summed E-state index contributed by atoms with van der Waals surface area (Å²) in [5.41, 5.74) is 0. The van der Waals surface area contributed by atoms with Gasteiger partial charge in [-0.25, -0.2) is 4.98 Å². The Labute approximate surface area is 97.0 Å². The molecule has 0 saturated heterocycles. The third-order valence-electron chi connectivity index (χ3n) is 3.42. The number of nitrogens with one attached hydrogen (secondary N) is 1. The molecule has 2 rings (SSSR count). The minimum Gasteiger partial charge on any atom is -0.381 e. The zero-order valence-corrected chi connectivity index (χ0v) is 10.1. The molecule has 1 aromatic heterocycles. The van der Waals surface area contributed by atoms with Crippen LogP contribution in [0.5, 0.6) is 0 Å². The second-order valence-electron chi connectivity index (χ2n) is 4.53. The van der Waals surface area contributed by atoms with E-state index >= 15 is 0 Å². The zero-order chi connectivity index (χ0) is 11.4. The molecule has 0 radical (unpaired) electrons. The lowest BCUT2D eigenvalue weighted by atomic mass is 10.2. The van der Waals surface area contributed by atoms with Gasteiger partial charge in [-0.1, -0.05) is 0 Å². The molecule has 0 amide bonds. The zero-order valence-electron chi connectivity index (χ0n) is 10.1. The molecule has 1 heterocycles. The fourth-order valence-electron chi connectivity index (χ4n) is 2.37. The van der Waals surface area contributed by atoms with Gasteiger partial charge in [-0.05, 0) is 19.3 Å². The highest BCUT2D eigenvalue weighted by Gasteiger charge is 2.23. The summed E-state index contributed by atoms with van der Waals surface area (Å²) in [4.78, 5) is 4.31. The monoisotopic (exact) mass is 223 g/mol. The van der Waals surface area contributed by atoms with Crippen molar-refractivity contribution in [1.29, 1.82) is 0 Å². The van der Waals surface area contributed by atoms with Crippen LogP contribution < -0.4 is 5.32 Å². The molecule has 16 heavy (non-hydrogen) atoms. The van der Waals surface area contributed by atoms with Crippen molar-refractivity contribution in [2.24, 2.45) is 7.05 Å². The Bertz CT molecular complexity index is 324. The van der Waals surface area contributed by atoms with Gasteiger partial charge in [0.2, 0.25) is 0 Å². The number of imidazole rings is 1. The van der Waals surface area contributed by atoms with Gasteiger partial charge in [0.1, 0.15) is 5.82 Å². The number of methoxy groups -OCH3 is 1. The van der Waals surface area contributed by atoms with Crippen LogP contribution in [0.2, 0.25) is 0 Å². The maximum Gasteiger partial charge on any atom is 0.109 e. The van der Waals surface area contributed by atoms with E-state index in [9.17, 15) is 0 Å². The van der Waals surface area contributed by atoms with Crippen LogP contribution in [0.3, 0.4) is 0 Å². The molecular weight excluding hydrogens is 202 g/mol. The third-order valence-corrected chi connectivity index (χ3v) is 3.42. The number of ether oxygens (including phenoxy) is 1. The first kappa shape index (κ1) is 11.6. The van der Waals surface area contributed by atoms with Crippen LogP contribution >= 0.6 is 0 Å². The number of aryl methyl sites for hydroxylation is 1. The van der Waals surface area contributed by atoms with E-state index in [0.717, 1.165) is 25.2 Å². The Morgan fingerprint density at radius 2 is 2.44 bits per heavy atom. The van der Waals surface area contributed by atoms with E-state index in [0.29, 0.717) is 12.1 Å². The lowest BCUT2D eigenvalue weighted by Crippen LogP contribution is -2.29. The van der Waals surface area contributed by atoms with Crippen molar-refractivity contribution in [3.8, 4) is 0 Å². The van der Waals surface area contributed by atoms with Crippen LogP contribution in [-0.2, 0) is 18.2 Å². The highest BCUT2D eigenvalue weighted by Crippen LogP contribution is 2.21. The predicted molar refractivity (Wildman–Crippen MR) is 63.4 cm³/mol. The summed E-state index contributed by atoms with van der Waals surface area (Å²) in [5.74, 6) is 1.15. The molecule has 1 N–H and O–H groups in total. The van der Waals surface area contributed by atoms with E-state index in [1.54, 1.807) is 7.11 Å². The van der Waals surface area contributed by atoms with Gasteiger partial charge in [0.25, 0.3) is 0 Å². The minimum absolute atomic E-state index is 0.464. The summed E-state index contributed by atoms with van der Waals surface area (Å²) in [6.45, 7) is 1.01. The molecule has 1 fully saturated rings. The van der Waals surface area contributed by atoms with Crippen LogP contribution in [0.4, 0.5) is 0 Å². The molecule has 2 unspecified atom stereocenters. The van der Waals surface area contributed by atoms with E-state index in [1.807, 2.05) is 19.4 Å². The van der Waals surface area contributed by atoms with Crippen molar-refractivity contribution in [3.63, 3.8) is 0 Å². The Balaban J connectivity index is 1.67. The van der Waals surface area contributed by atoms with Gasteiger partial charge in [0, 0.05) is 45.6 Å². The Morgan fingerprint density at radius 1 is 1.56 bits per heavy atom. The third kappa shape index (κ3) is 2.83. The second-order valence-corrected chi connectivity index (χ2v) is 4.53. The molecule has 1 aliphatic carbocycles. The largest absolute Gasteiger partial charge is 0.381 e. The normalized spacial score (nSPS) is 25.1. The number of hydrogen-bond acceptors (Lipinski definition) is 3. The summed E-state index contributed by atoms with van der Waals surface area (Å²) in [7, 11) is 3.85. The summed E-state index contributed by atoms with van der Waals surface area (Å²) >= 11 is 0. The van der Waals surface area contributed by atoms with Crippen molar-refractivity contribution in [2.75, 3.05) is 13.7 Å². The molecule has 0 aromatic carbocycles. The Kier molecular flexibility index (Phi) is 3.96. The Morgan fingerprint density at radius 3 is 3.06 bits per heavy atom. The maximum absolute atomic E-state index is 5.36. The van der Waals surface area contributed by atoms with Gasteiger partial charge in [-0.2, -0.15) is 0 Å². The number of hydrogen-bond donors (Lipinski definition) is 1. The van der Waals surface area contributed by atoms with Crippen molar-refractivity contribution >= 4 is 0 Å². The van der Waals surface area contributed by atoms with Crippen molar-refractivity contribution < 1.29 is 4.74 Å². The molecule has 0 spiro atoms. The van der Waals surface area contributed by atoms with Gasteiger partial charge >= 0.3 is 0 Å². The molecule has 1 saturated carbocycles. The fourth-order valence-corrected chi connectivity index (χ4v) is 2.37. The highest BCUT2D eigenvalue weighted by atomic mass is 16.5. The maximum atomic E-state index is 5.36. The van der Waals surface area contributed by atoms with E-state index in [4.69, 9.17) is 4.74 Å². The summed E-state index contributed by atoms with van der Waals surface area (Å²) in [6.07, 6.45) is 8.88. The molecule has 4 nitrogen and oxygen atoms in total. The van der Waals surface area contributed by atoms with E-state index in [1.165, 1.54) is 12.8 Å². The first-order chi connectivity index (χ1) is 7.79. The Hall–Kier alpha value is -0.870. The number of rotatable bonds is 5. The molecule has 90 valence electrons. The van der Waals surface area contributed by atoms with Crippen LogP contribution in [0, 0.1) is 0 Å². The standard InChI is InChI=1S/C12H21N3O/c1-15-8-7-14-12(15)5-6-13-10-3-4-11(9-10)16-2/h7-8,10-11,13H,3-6,9H2,1-2H3. The lowest BCUT2D eigenvalue weighted by molar-refractivity contribution is 0.107. The average Bonchev–Trinajstić information content (AvgIpc) is 2.89.